The summed E-state index contributed by atoms with van der Waals surface area (Å²) in [6, 6.07) is 17.5. The van der Waals surface area contributed by atoms with Gasteiger partial charge in [0.1, 0.15) is 0 Å². The fourth-order valence-corrected chi connectivity index (χ4v) is 3.24. The Hall–Kier alpha value is -2.02. The van der Waals surface area contributed by atoms with Crippen molar-refractivity contribution in [3.05, 3.63) is 65.7 Å². The van der Waals surface area contributed by atoms with E-state index in [1.54, 1.807) is 0 Å². The van der Waals surface area contributed by atoms with Gasteiger partial charge in [-0.25, -0.2) is 0 Å². The summed E-state index contributed by atoms with van der Waals surface area (Å²) in [4.78, 5) is 2.45. The number of hydrogen-bond donors (Lipinski definition) is 0. The van der Waals surface area contributed by atoms with Crippen molar-refractivity contribution in [2.24, 2.45) is 5.41 Å². The number of hydrogen-bond acceptors (Lipinski definition) is 1. The number of rotatable bonds is 1. The summed E-state index contributed by atoms with van der Waals surface area (Å²) in [5, 5.41) is 0. The van der Waals surface area contributed by atoms with Crippen molar-refractivity contribution < 1.29 is 0 Å². The topological polar surface area (TPSA) is 3.24 Å². The molecule has 0 spiro atoms. The third-order valence-corrected chi connectivity index (χ3v) is 4.11. The molecule has 0 saturated carbocycles. The lowest BCUT2D eigenvalue weighted by Gasteiger charge is -2.31. The zero-order chi connectivity index (χ0) is 15.0. The first kappa shape index (κ1) is 13.9. The highest BCUT2D eigenvalue weighted by atomic mass is 15.1. The van der Waals surface area contributed by atoms with Gasteiger partial charge >= 0.3 is 0 Å². The van der Waals surface area contributed by atoms with Crippen molar-refractivity contribution in [2.75, 3.05) is 11.4 Å². The average molecular weight is 277 g/mol. The highest BCUT2D eigenvalue weighted by Gasteiger charge is 2.26. The first-order valence-electron chi connectivity index (χ1n) is 7.59. The molecular formula is C20H23N. The maximum Gasteiger partial charge on any atom is 0.0487 e. The number of nitrogens with zero attached hydrogens (tertiary/aromatic N) is 1. The SMILES string of the molecule is CC1=CC(C)(C)CN(c2ccccc2)c2ccc(C)cc21. The highest BCUT2D eigenvalue weighted by molar-refractivity contribution is 5.81. The van der Waals surface area contributed by atoms with Gasteiger partial charge in [0, 0.05) is 28.9 Å². The Labute approximate surface area is 127 Å². The van der Waals surface area contributed by atoms with E-state index >= 15 is 0 Å². The quantitative estimate of drug-likeness (QED) is 0.658. The molecule has 0 amide bonds. The van der Waals surface area contributed by atoms with Crippen LogP contribution in [0.4, 0.5) is 11.4 Å². The summed E-state index contributed by atoms with van der Waals surface area (Å²) in [6.45, 7) is 10.0. The lowest BCUT2D eigenvalue weighted by atomic mass is 9.90. The van der Waals surface area contributed by atoms with E-state index in [0.29, 0.717) is 0 Å². The Kier molecular flexibility index (Phi) is 3.36. The molecule has 108 valence electrons. The molecule has 1 nitrogen and oxygen atoms in total. The smallest absolute Gasteiger partial charge is 0.0487 e. The standard InChI is InChI=1S/C20H23N/c1-15-10-11-19-18(12-15)16(2)13-20(3,4)14-21(19)17-8-6-5-7-9-17/h5-13H,14H2,1-4H3. The predicted octanol–water partition coefficient (Wildman–Crippen LogP) is 5.58. The van der Waals surface area contributed by atoms with E-state index in [4.69, 9.17) is 0 Å². The summed E-state index contributed by atoms with van der Waals surface area (Å²) >= 11 is 0. The maximum absolute atomic E-state index is 2.45. The third-order valence-electron chi connectivity index (χ3n) is 4.11. The van der Waals surface area contributed by atoms with E-state index in [1.807, 2.05) is 0 Å². The first-order chi connectivity index (χ1) is 9.96. The van der Waals surface area contributed by atoms with E-state index in [9.17, 15) is 0 Å². The number of fused-ring (bicyclic) bond motifs is 1. The van der Waals surface area contributed by atoms with Crippen molar-refractivity contribution in [1.82, 2.24) is 0 Å². The molecule has 0 aliphatic carbocycles. The van der Waals surface area contributed by atoms with Crippen LogP contribution in [-0.2, 0) is 0 Å². The minimum atomic E-state index is 0.146. The molecule has 0 bridgehead atoms. The average Bonchev–Trinajstić information content (AvgIpc) is 2.54. The van der Waals surface area contributed by atoms with Crippen LogP contribution in [0.1, 0.15) is 31.9 Å². The van der Waals surface area contributed by atoms with Gasteiger partial charge in [-0.3, -0.25) is 0 Å². The van der Waals surface area contributed by atoms with Crippen LogP contribution in [-0.4, -0.2) is 6.54 Å². The van der Waals surface area contributed by atoms with Gasteiger partial charge in [0.05, 0.1) is 0 Å². The summed E-state index contributed by atoms with van der Waals surface area (Å²) in [7, 11) is 0. The first-order valence-corrected chi connectivity index (χ1v) is 7.59. The van der Waals surface area contributed by atoms with Gasteiger partial charge in [-0.1, -0.05) is 49.8 Å². The fourth-order valence-electron chi connectivity index (χ4n) is 3.24. The Morgan fingerprint density at radius 3 is 2.38 bits per heavy atom. The van der Waals surface area contributed by atoms with Gasteiger partial charge < -0.3 is 4.90 Å². The second-order valence-electron chi connectivity index (χ2n) is 6.76. The van der Waals surface area contributed by atoms with Crippen molar-refractivity contribution in [2.45, 2.75) is 27.7 Å². The molecule has 0 aromatic heterocycles. The van der Waals surface area contributed by atoms with Crippen molar-refractivity contribution in [1.29, 1.82) is 0 Å². The number of allylic oxidation sites excluding steroid dienone is 1. The summed E-state index contributed by atoms with van der Waals surface area (Å²) in [6.07, 6.45) is 2.41. The molecule has 0 saturated heterocycles. The van der Waals surface area contributed by atoms with Crippen LogP contribution >= 0.6 is 0 Å². The van der Waals surface area contributed by atoms with Crippen molar-refractivity contribution in [3.8, 4) is 0 Å². The van der Waals surface area contributed by atoms with Gasteiger partial charge in [-0.15, -0.1) is 0 Å². The zero-order valence-electron chi connectivity index (χ0n) is 13.4. The van der Waals surface area contributed by atoms with Crippen LogP contribution < -0.4 is 4.90 Å². The van der Waals surface area contributed by atoms with Gasteiger partial charge in [-0.2, -0.15) is 0 Å². The minimum absolute atomic E-state index is 0.146. The molecule has 3 rings (SSSR count). The van der Waals surface area contributed by atoms with Gasteiger partial charge in [0.25, 0.3) is 0 Å². The Balaban J connectivity index is 2.20. The Morgan fingerprint density at radius 2 is 1.67 bits per heavy atom. The van der Waals surface area contributed by atoms with Crippen LogP contribution in [0.5, 0.6) is 0 Å². The van der Waals surface area contributed by atoms with Gasteiger partial charge in [0.2, 0.25) is 0 Å². The highest BCUT2D eigenvalue weighted by Crippen LogP contribution is 2.40. The molecule has 21 heavy (non-hydrogen) atoms. The molecule has 1 aliphatic rings. The van der Waals surface area contributed by atoms with Crippen LogP contribution in [0, 0.1) is 12.3 Å². The molecule has 0 unspecified atom stereocenters. The van der Waals surface area contributed by atoms with Gasteiger partial charge in [-0.05, 0) is 43.7 Å². The van der Waals surface area contributed by atoms with Crippen molar-refractivity contribution >= 4 is 16.9 Å². The van der Waals surface area contributed by atoms with E-state index in [0.717, 1.165) is 6.54 Å². The molecule has 1 heteroatoms. The minimum Gasteiger partial charge on any atom is -0.340 e. The number of anilines is 2. The predicted molar refractivity (Wildman–Crippen MR) is 92.1 cm³/mol. The van der Waals surface area contributed by atoms with Gasteiger partial charge in [0.15, 0.2) is 0 Å². The Morgan fingerprint density at radius 1 is 0.952 bits per heavy atom. The normalized spacial score (nSPS) is 17.0. The molecule has 0 radical (unpaired) electrons. The molecule has 0 N–H and O–H groups in total. The van der Waals surface area contributed by atoms with E-state index < -0.39 is 0 Å². The van der Waals surface area contributed by atoms with E-state index in [1.165, 1.54) is 28.1 Å². The van der Waals surface area contributed by atoms with E-state index in [2.05, 4.69) is 87.2 Å². The second kappa shape index (κ2) is 5.07. The number of benzene rings is 2. The molecule has 2 aromatic rings. The van der Waals surface area contributed by atoms with Crippen molar-refractivity contribution in [3.63, 3.8) is 0 Å². The fraction of sp³-hybridized carbons (Fsp3) is 0.300. The lowest BCUT2D eigenvalue weighted by molar-refractivity contribution is 0.493. The van der Waals surface area contributed by atoms with Crippen LogP contribution in [0.15, 0.2) is 54.6 Å². The van der Waals surface area contributed by atoms with Crippen LogP contribution in [0.25, 0.3) is 5.57 Å². The molecule has 2 aromatic carbocycles. The molecule has 0 fully saturated rings. The summed E-state index contributed by atoms with van der Waals surface area (Å²) in [5.41, 5.74) is 6.76. The number of aryl methyl sites for hydroxylation is 1. The maximum atomic E-state index is 2.45. The summed E-state index contributed by atoms with van der Waals surface area (Å²) in [5.74, 6) is 0. The zero-order valence-corrected chi connectivity index (χ0v) is 13.4. The molecule has 1 heterocycles. The second-order valence-corrected chi connectivity index (χ2v) is 6.76. The van der Waals surface area contributed by atoms with Crippen LogP contribution in [0.3, 0.4) is 0 Å². The number of para-hydroxylation sites is 1. The molecule has 1 aliphatic heterocycles. The van der Waals surface area contributed by atoms with E-state index in [-0.39, 0.29) is 5.41 Å². The summed E-state index contributed by atoms with van der Waals surface area (Å²) < 4.78 is 0. The molecule has 0 atom stereocenters. The largest absolute Gasteiger partial charge is 0.340 e. The van der Waals surface area contributed by atoms with Crippen LogP contribution in [0.2, 0.25) is 0 Å². The lowest BCUT2D eigenvalue weighted by Crippen LogP contribution is -2.28. The Bertz CT molecular complexity index is 680. The third kappa shape index (κ3) is 2.73. The molecular weight excluding hydrogens is 254 g/mol. The monoisotopic (exact) mass is 277 g/mol.